The Labute approximate surface area is 113 Å². The molecule has 0 saturated carbocycles. The van der Waals surface area contributed by atoms with Crippen molar-refractivity contribution in [2.45, 2.75) is 25.9 Å². The summed E-state index contributed by atoms with van der Waals surface area (Å²) in [7, 11) is 0. The number of hydrogen-bond donors (Lipinski definition) is 1. The van der Waals surface area contributed by atoms with E-state index >= 15 is 0 Å². The van der Waals surface area contributed by atoms with Crippen LogP contribution in [0, 0.1) is 11.8 Å². The zero-order chi connectivity index (χ0) is 13.7. The lowest BCUT2D eigenvalue weighted by molar-refractivity contribution is -0.152. The highest BCUT2D eigenvalue weighted by Gasteiger charge is 2.24. The quantitative estimate of drug-likeness (QED) is 0.825. The molecule has 1 aromatic carbocycles. The van der Waals surface area contributed by atoms with E-state index in [9.17, 15) is 9.90 Å². The van der Waals surface area contributed by atoms with Crippen molar-refractivity contribution in [3.8, 4) is 0 Å². The first kappa shape index (κ1) is 13.8. The number of carbonyl (C=O) groups is 1. The maximum atomic E-state index is 11.3. The summed E-state index contributed by atoms with van der Waals surface area (Å²) in [4.78, 5) is 11.3. The van der Waals surface area contributed by atoms with Crippen LogP contribution in [0.5, 0.6) is 0 Å². The molecule has 3 heteroatoms. The second-order valence-electron chi connectivity index (χ2n) is 5.14. The summed E-state index contributed by atoms with van der Waals surface area (Å²) < 4.78 is 5.67. The van der Waals surface area contributed by atoms with Crippen molar-refractivity contribution < 1.29 is 14.6 Å². The van der Waals surface area contributed by atoms with Crippen LogP contribution in [-0.4, -0.2) is 17.7 Å². The van der Waals surface area contributed by atoms with Gasteiger partial charge in [-0.2, -0.15) is 0 Å². The molecule has 3 nitrogen and oxygen atoms in total. The van der Waals surface area contributed by atoms with Crippen molar-refractivity contribution >= 4 is 5.97 Å². The van der Waals surface area contributed by atoms with E-state index in [1.807, 2.05) is 18.2 Å². The fraction of sp³-hybridized carbons (Fsp3) is 0.438. The predicted octanol–water partition coefficient (Wildman–Crippen LogP) is 3.43. The Morgan fingerprint density at radius 1 is 1.32 bits per heavy atom. The molecule has 0 aliphatic heterocycles. The summed E-state index contributed by atoms with van der Waals surface area (Å²) in [5.41, 5.74) is 0.703. The molecule has 1 aliphatic rings. The molecule has 0 aromatic heterocycles. The highest BCUT2D eigenvalue weighted by Crippen LogP contribution is 2.27. The first-order valence-corrected chi connectivity index (χ1v) is 6.73. The average molecular weight is 260 g/mol. The summed E-state index contributed by atoms with van der Waals surface area (Å²) in [6.07, 6.45) is 5.51. The van der Waals surface area contributed by atoms with Gasteiger partial charge in [0.1, 0.15) is 0 Å². The molecular weight excluding hydrogens is 240 g/mol. The number of carboxylic acid groups (broad SMARTS) is 1. The van der Waals surface area contributed by atoms with E-state index in [1.54, 1.807) is 12.1 Å². The molecule has 102 valence electrons. The zero-order valence-corrected chi connectivity index (χ0v) is 11.2. The molecule has 19 heavy (non-hydrogen) atoms. The van der Waals surface area contributed by atoms with Gasteiger partial charge in [-0.05, 0) is 30.2 Å². The molecule has 3 atom stereocenters. The minimum atomic E-state index is -0.926. The second kappa shape index (κ2) is 6.53. The molecule has 1 aliphatic carbocycles. The zero-order valence-electron chi connectivity index (χ0n) is 11.2. The maximum Gasteiger partial charge on any atom is 0.337 e. The normalized spacial score (nSPS) is 24.1. The Morgan fingerprint density at radius 2 is 2.00 bits per heavy atom. The Kier molecular flexibility index (Phi) is 4.74. The highest BCUT2D eigenvalue weighted by molar-refractivity contribution is 5.74. The molecule has 0 saturated heterocycles. The maximum absolute atomic E-state index is 11.3. The first-order valence-electron chi connectivity index (χ1n) is 6.73. The van der Waals surface area contributed by atoms with Gasteiger partial charge in [-0.15, -0.1) is 0 Å². The lowest BCUT2D eigenvalue weighted by atomic mass is 9.85. The summed E-state index contributed by atoms with van der Waals surface area (Å²) in [6, 6.07) is 9.13. The van der Waals surface area contributed by atoms with E-state index in [-0.39, 0.29) is 0 Å². The van der Waals surface area contributed by atoms with Gasteiger partial charge in [0, 0.05) is 0 Å². The van der Waals surface area contributed by atoms with Gasteiger partial charge in [0.25, 0.3) is 0 Å². The first-order chi connectivity index (χ1) is 9.18. The number of hydrogen-bond acceptors (Lipinski definition) is 2. The third kappa shape index (κ3) is 3.67. The Bertz CT molecular complexity index is 439. The van der Waals surface area contributed by atoms with Gasteiger partial charge >= 0.3 is 5.97 Å². The topological polar surface area (TPSA) is 46.5 Å². The van der Waals surface area contributed by atoms with E-state index in [0.717, 1.165) is 12.8 Å². The van der Waals surface area contributed by atoms with Crippen LogP contribution >= 0.6 is 0 Å². The predicted molar refractivity (Wildman–Crippen MR) is 73.8 cm³/mol. The Hall–Kier alpha value is -1.61. The molecule has 0 bridgehead atoms. The molecule has 3 unspecified atom stereocenters. The number of aliphatic carboxylic acids is 1. The van der Waals surface area contributed by atoms with Crippen LogP contribution in [0.25, 0.3) is 0 Å². The van der Waals surface area contributed by atoms with E-state index in [4.69, 9.17) is 4.74 Å². The number of rotatable bonds is 5. The summed E-state index contributed by atoms with van der Waals surface area (Å²) in [6.45, 7) is 2.69. The number of ether oxygens (including phenoxy) is 1. The third-order valence-electron chi connectivity index (χ3n) is 3.72. The summed E-state index contributed by atoms with van der Waals surface area (Å²) in [5, 5.41) is 9.28. The molecule has 0 heterocycles. The largest absolute Gasteiger partial charge is 0.479 e. The van der Waals surface area contributed by atoms with Gasteiger partial charge in [-0.3, -0.25) is 0 Å². The van der Waals surface area contributed by atoms with Crippen LogP contribution in [0.2, 0.25) is 0 Å². The number of carboxylic acids is 1. The molecule has 1 N–H and O–H groups in total. The highest BCUT2D eigenvalue weighted by atomic mass is 16.5. The van der Waals surface area contributed by atoms with E-state index in [1.165, 1.54) is 0 Å². The van der Waals surface area contributed by atoms with Crippen LogP contribution in [0.15, 0.2) is 42.5 Å². The molecule has 0 spiro atoms. The SMILES string of the molecule is CC1CC=CCC1COC(C(=O)O)c1ccccc1. The molecule has 2 rings (SSSR count). The van der Waals surface area contributed by atoms with Gasteiger partial charge in [-0.25, -0.2) is 4.79 Å². The average Bonchev–Trinajstić information content (AvgIpc) is 2.42. The smallest absolute Gasteiger partial charge is 0.337 e. The van der Waals surface area contributed by atoms with Crippen LogP contribution in [-0.2, 0) is 9.53 Å². The molecule has 1 aromatic rings. The van der Waals surface area contributed by atoms with Gasteiger partial charge < -0.3 is 9.84 Å². The van der Waals surface area contributed by atoms with Crippen molar-refractivity contribution in [2.75, 3.05) is 6.61 Å². The van der Waals surface area contributed by atoms with Gasteiger partial charge in [0.15, 0.2) is 6.10 Å². The monoisotopic (exact) mass is 260 g/mol. The van der Waals surface area contributed by atoms with E-state index in [2.05, 4.69) is 19.1 Å². The summed E-state index contributed by atoms with van der Waals surface area (Å²) >= 11 is 0. The minimum Gasteiger partial charge on any atom is -0.479 e. The Balaban J connectivity index is 1.98. The van der Waals surface area contributed by atoms with Crippen molar-refractivity contribution in [3.05, 3.63) is 48.0 Å². The lowest BCUT2D eigenvalue weighted by Crippen LogP contribution is -2.24. The third-order valence-corrected chi connectivity index (χ3v) is 3.72. The van der Waals surface area contributed by atoms with Crippen molar-refractivity contribution in [2.24, 2.45) is 11.8 Å². The fourth-order valence-electron chi connectivity index (χ4n) is 2.40. The van der Waals surface area contributed by atoms with Crippen LogP contribution in [0.1, 0.15) is 31.4 Å². The molecule has 0 amide bonds. The summed E-state index contributed by atoms with van der Waals surface area (Å²) in [5.74, 6) is 0.0379. The van der Waals surface area contributed by atoms with Crippen LogP contribution < -0.4 is 0 Å². The van der Waals surface area contributed by atoms with Gasteiger partial charge in [0.2, 0.25) is 0 Å². The number of benzene rings is 1. The molecule has 0 radical (unpaired) electrons. The molecular formula is C16H20O3. The van der Waals surface area contributed by atoms with Crippen LogP contribution in [0.3, 0.4) is 0 Å². The lowest BCUT2D eigenvalue weighted by Gasteiger charge is -2.26. The van der Waals surface area contributed by atoms with Gasteiger partial charge in [-0.1, -0.05) is 49.4 Å². The second-order valence-corrected chi connectivity index (χ2v) is 5.14. The fourth-order valence-corrected chi connectivity index (χ4v) is 2.40. The molecule has 0 fully saturated rings. The van der Waals surface area contributed by atoms with E-state index in [0.29, 0.717) is 24.0 Å². The number of allylic oxidation sites excluding steroid dienone is 2. The Morgan fingerprint density at radius 3 is 2.63 bits per heavy atom. The standard InChI is InChI=1S/C16H20O3/c1-12-7-5-6-10-14(12)11-19-15(16(17)18)13-8-3-2-4-9-13/h2-6,8-9,12,14-15H,7,10-11H2,1H3,(H,17,18). The van der Waals surface area contributed by atoms with Crippen LogP contribution in [0.4, 0.5) is 0 Å². The van der Waals surface area contributed by atoms with Gasteiger partial charge in [0.05, 0.1) is 6.61 Å². The minimum absolute atomic E-state index is 0.413. The van der Waals surface area contributed by atoms with Crippen molar-refractivity contribution in [3.63, 3.8) is 0 Å². The van der Waals surface area contributed by atoms with Crippen molar-refractivity contribution in [1.29, 1.82) is 0 Å². The van der Waals surface area contributed by atoms with E-state index < -0.39 is 12.1 Å². The van der Waals surface area contributed by atoms with Crippen molar-refractivity contribution in [1.82, 2.24) is 0 Å².